The zero-order valence-corrected chi connectivity index (χ0v) is 14.4. The number of ether oxygens (including phenoxy) is 2. The predicted octanol–water partition coefficient (Wildman–Crippen LogP) is 2.94. The third-order valence-electron chi connectivity index (χ3n) is 4.51. The summed E-state index contributed by atoms with van der Waals surface area (Å²) in [6, 6.07) is 3.68. The van der Waals surface area contributed by atoms with Gasteiger partial charge in [0.25, 0.3) is 5.91 Å². The summed E-state index contributed by atoms with van der Waals surface area (Å²) in [5.74, 6) is 0.935. The number of amides is 1. The average molecular weight is 348 g/mol. The van der Waals surface area contributed by atoms with Crippen LogP contribution >= 0.6 is 11.3 Å². The second-order valence-corrected chi connectivity index (χ2v) is 7.37. The highest BCUT2D eigenvalue weighted by atomic mass is 32.1. The fourth-order valence-electron chi connectivity index (χ4n) is 3.32. The fourth-order valence-corrected chi connectivity index (χ4v) is 4.19. The van der Waals surface area contributed by atoms with Crippen LogP contribution in [-0.4, -0.2) is 48.4 Å². The Morgan fingerprint density at radius 1 is 1.38 bits per heavy atom. The third kappa shape index (κ3) is 2.99. The normalized spacial score (nSPS) is 22.2. The van der Waals surface area contributed by atoms with Crippen molar-refractivity contribution in [1.29, 1.82) is 0 Å². The standard InChI is InChI=1S/C17H20N2O4S/c1-11-14(18-15(24-11)13-5-3-7-21-13)16(20)19-6-2-4-12(10-19)17-22-8-9-23-17/h3,5,7,12,17H,2,4,6,8-10H2,1H3. The van der Waals surface area contributed by atoms with Gasteiger partial charge in [-0.1, -0.05) is 0 Å². The minimum Gasteiger partial charge on any atom is -0.462 e. The van der Waals surface area contributed by atoms with E-state index in [0.29, 0.717) is 31.2 Å². The van der Waals surface area contributed by atoms with E-state index in [1.54, 1.807) is 6.26 Å². The van der Waals surface area contributed by atoms with Crippen molar-refractivity contribution in [3.05, 3.63) is 29.0 Å². The number of nitrogens with zero attached hydrogens (tertiary/aromatic N) is 2. The number of hydrogen-bond acceptors (Lipinski definition) is 6. The van der Waals surface area contributed by atoms with Crippen molar-refractivity contribution in [3.63, 3.8) is 0 Å². The molecule has 4 rings (SSSR count). The molecule has 2 aromatic heterocycles. The van der Waals surface area contributed by atoms with E-state index in [2.05, 4.69) is 4.98 Å². The lowest BCUT2D eigenvalue weighted by Gasteiger charge is -2.34. The zero-order valence-electron chi connectivity index (χ0n) is 13.6. The zero-order chi connectivity index (χ0) is 16.5. The van der Waals surface area contributed by atoms with Crippen LogP contribution in [0.5, 0.6) is 0 Å². The molecule has 2 aromatic rings. The molecule has 0 radical (unpaired) electrons. The largest absolute Gasteiger partial charge is 0.462 e. The number of piperidine rings is 1. The van der Waals surface area contributed by atoms with Crippen LogP contribution in [0.2, 0.25) is 0 Å². The molecule has 1 amide bonds. The van der Waals surface area contributed by atoms with Gasteiger partial charge in [0, 0.05) is 23.9 Å². The van der Waals surface area contributed by atoms with Gasteiger partial charge in [0.2, 0.25) is 0 Å². The first-order chi connectivity index (χ1) is 11.7. The second-order valence-electron chi connectivity index (χ2n) is 6.16. The molecule has 2 saturated heterocycles. The van der Waals surface area contributed by atoms with Gasteiger partial charge in [-0.05, 0) is 31.9 Å². The Labute approximate surface area is 144 Å². The van der Waals surface area contributed by atoms with E-state index >= 15 is 0 Å². The Hall–Kier alpha value is -1.70. The van der Waals surface area contributed by atoms with Crippen LogP contribution in [0.15, 0.2) is 22.8 Å². The maximum absolute atomic E-state index is 12.9. The van der Waals surface area contributed by atoms with Crippen molar-refractivity contribution in [1.82, 2.24) is 9.88 Å². The maximum Gasteiger partial charge on any atom is 0.273 e. The van der Waals surface area contributed by atoms with Crippen LogP contribution in [0, 0.1) is 12.8 Å². The molecular weight excluding hydrogens is 328 g/mol. The van der Waals surface area contributed by atoms with E-state index in [1.807, 2.05) is 24.0 Å². The smallest absolute Gasteiger partial charge is 0.273 e. The molecule has 7 heteroatoms. The Bertz CT molecular complexity index is 706. The summed E-state index contributed by atoms with van der Waals surface area (Å²) in [5, 5.41) is 0.747. The summed E-state index contributed by atoms with van der Waals surface area (Å²) in [6.07, 6.45) is 3.44. The lowest BCUT2D eigenvalue weighted by Crippen LogP contribution is -2.44. The molecule has 1 unspecified atom stereocenters. The van der Waals surface area contributed by atoms with Gasteiger partial charge in [-0.25, -0.2) is 4.98 Å². The van der Waals surface area contributed by atoms with Gasteiger partial charge in [0.05, 0.1) is 19.5 Å². The lowest BCUT2D eigenvalue weighted by molar-refractivity contribution is -0.0969. The van der Waals surface area contributed by atoms with Crippen molar-refractivity contribution in [3.8, 4) is 10.8 Å². The first-order valence-corrected chi connectivity index (χ1v) is 9.08. The van der Waals surface area contributed by atoms with Gasteiger partial charge in [-0.15, -0.1) is 11.3 Å². The number of hydrogen-bond donors (Lipinski definition) is 0. The molecule has 0 bridgehead atoms. The van der Waals surface area contributed by atoms with Gasteiger partial charge in [-0.2, -0.15) is 0 Å². The van der Waals surface area contributed by atoms with E-state index in [4.69, 9.17) is 13.9 Å². The number of aryl methyl sites for hydroxylation is 1. The topological polar surface area (TPSA) is 64.8 Å². The number of thiazole rings is 1. The van der Waals surface area contributed by atoms with Crippen LogP contribution < -0.4 is 0 Å². The van der Waals surface area contributed by atoms with Crippen molar-refractivity contribution >= 4 is 17.2 Å². The van der Waals surface area contributed by atoms with E-state index < -0.39 is 0 Å². The Morgan fingerprint density at radius 3 is 2.96 bits per heavy atom. The van der Waals surface area contributed by atoms with E-state index in [-0.39, 0.29) is 18.1 Å². The van der Waals surface area contributed by atoms with E-state index in [9.17, 15) is 4.79 Å². The van der Waals surface area contributed by atoms with Crippen LogP contribution in [0.1, 0.15) is 28.2 Å². The summed E-state index contributed by atoms with van der Waals surface area (Å²) in [7, 11) is 0. The summed E-state index contributed by atoms with van der Waals surface area (Å²) < 4.78 is 16.6. The van der Waals surface area contributed by atoms with Crippen molar-refractivity contribution in [2.75, 3.05) is 26.3 Å². The molecule has 0 aromatic carbocycles. The third-order valence-corrected chi connectivity index (χ3v) is 5.49. The summed E-state index contributed by atoms with van der Waals surface area (Å²) in [6.45, 7) is 4.65. The number of furan rings is 1. The minimum absolute atomic E-state index is 0.00995. The van der Waals surface area contributed by atoms with Gasteiger partial charge < -0.3 is 18.8 Å². The molecule has 0 spiro atoms. The molecule has 2 fully saturated rings. The van der Waals surface area contributed by atoms with Crippen molar-refractivity contribution < 1.29 is 18.7 Å². The number of aromatic nitrogens is 1. The molecule has 24 heavy (non-hydrogen) atoms. The molecule has 2 aliphatic rings. The molecule has 6 nitrogen and oxygen atoms in total. The fraction of sp³-hybridized carbons (Fsp3) is 0.529. The quantitative estimate of drug-likeness (QED) is 0.853. The highest BCUT2D eigenvalue weighted by Crippen LogP contribution is 2.30. The van der Waals surface area contributed by atoms with Crippen molar-refractivity contribution in [2.45, 2.75) is 26.1 Å². The van der Waals surface area contributed by atoms with E-state index in [0.717, 1.165) is 29.3 Å². The molecule has 0 N–H and O–H groups in total. The Balaban J connectivity index is 1.50. The van der Waals surface area contributed by atoms with Gasteiger partial charge in [0.1, 0.15) is 5.69 Å². The monoisotopic (exact) mass is 348 g/mol. The highest BCUT2D eigenvalue weighted by Gasteiger charge is 2.34. The van der Waals surface area contributed by atoms with Crippen LogP contribution in [0.4, 0.5) is 0 Å². The number of carbonyl (C=O) groups excluding carboxylic acids is 1. The molecule has 0 saturated carbocycles. The summed E-state index contributed by atoms with van der Waals surface area (Å²) in [5.41, 5.74) is 0.528. The second kappa shape index (κ2) is 6.66. The molecule has 2 aliphatic heterocycles. The van der Waals surface area contributed by atoms with Gasteiger partial charge in [0.15, 0.2) is 17.1 Å². The maximum atomic E-state index is 12.9. The van der Waals surface area contributed by atoms with E-state index in [1.165, 1.54) is 11.3 Å². The van der Waals surface area contributed by atoms with Crippen LogP contribution in [0.3, 0.4) is 0 Å². The molecule has 0 aliphatic carbocycles. The van der Waals surface area contributed by atoms with Crippen LogP contribution in [0.25, 0.3) is 10.8 Å². The van der Waals surface area contributed by atoms with Crippen molar-refractivity contribution in [2.24, 2.45) is 5.92 Å². The Morgan fingerprint density at radius 2 is 2.21 bits per heavy atom. The molecule has 1 atom stereocenters. The Kier molecular flexibility index (Phi) is 4.39. The molecule has 4 heterocycles. The summed E-state index contributed by atoms with van der Waals surface area (Å²) in [4.78, 5) is 20.2. The van der Waals surface area contributed by atoms with Gasteiger partial charge in [-0.3, -0.25) is 4.79 Å². The SMILES string of the molecule is Cc1sc(-c2ccco2)nc1C(=O)N1CCCC(C2OCCO2)C1. The first-order valence-electron chi connectivity index (χ1n) is 8.26. The summed E-state index contributed by atoms with van der Waals surface area (Å²) >= 11 is 1.49. The highest BCUT2D eigenvalue weighted by molar-refractivity contribution is 7.15. The number of likely N-dealkylation sites (tertiary alicyclic amines) is 1. The lowest BCUT2D eigenvalue weighted by atomic mass is 9.97. The predicted molar refractivity (Wildman–Crippen MR) is 88.9 cm³/mol. The average Bonchev–Trinajstić information content (AvgIpc) is 3.35. The number of rotatable bonds is 3. The van der Waals surface area contributed by atoms with Crippen LogP contribution in [-0.2, 0) is 9.47 Å². The molecule has 128 valence electrons. The van der Waals surface area contributed by atoms with Gasteiger partial charge >= 0.3 is 0 Å². The number of carbonyl (C=O) groups is 1. The minimum atomic E-state index is -0.171. The first kappa shape index (κ1) is 15.8. The molecular formula is C17H20N2O4S.